The number of unbranched alkanes of at least 4 members (excludes halogenated alkanes) is 41. The van der Waals surface area contributed by atoms with E-state index in [1.807, 2.05) is 0 Å². The second-order valence-corrected chi connectivity index (χ2v) is 21.4. The fourth-order valence-corrected chi connectivity index (χ4v) is 9.32. The van der Waals surface area contributed by atoms with E-state index in [2.05, 4.69) is 69.4 Å². The Morgan fingerprint density at radius 2 is 0.514 bits per heavy atom. The summed E-state index contributed by atoms with van der Waals surface area (Å²) in [5, 5.41) is 0. The SMILES string of the molecule is CCCCCCC\C=C/C=C\C=C/CCCCCCCC(=O)OCC(COC(=O)CCCCCCCCCCCCCCCCCCCC)OC(=O)CCCCCCC/C=C\CCCCCCCCCCC. The van der Waals surface area contributed by atoms with E-state index in [0.29, 0.717) is 19.3 Å². The van der Waals surface area contributed by atoms with Gasteiger partial charge in [0.25, 0.3) is 0 Å². The summed E-state index contributed by atoms with van der Waals surface area (Å²) in [6, 6.07) is 0. The lowest BCUT2D eigenvalue weighted by Crippen LogP contribution is -2.30. The molecule has 0 aliphatic heterocycles. The Kier molecular flexibility index (Phi) is 58.7. The van der Waals surface area contributed by atoms with Gasteiger partial charge in [0.1, 0.15) is 13.2 Å². The zero-order valence-electron chi connectivity index (χ0n) is 48.2. The molecule has 0 aromatic heterocycles. The zero-order valence-corrected chi connectivity index (χ0v) is 48.2. The van der Waals surface area contributed by atoms with Gasteiger partial charge in [0.05, 0.1) is 0 Å². The normalized spacial score (nSPS) is 12.3. The minimum Gasteiger partial charge on any atom is -0.462 e. The van der Waals surface area contributed by atoms with Crippen LogP contribution in [0, 0.1) is 0 Å². The van der Waals surface area contributed by atoms with Crippen molar-refractivity contribution in [1.29, 1.82) is 0 Å². The van der Waals surface area contributed by atoms with Crippen LogP contribution in [0.1, 0.15) is 335 Å². The number of hydrogen-bond donors (Lipinski definition) is 0. The summed E-state index contributed by atoms with van der Waals surface area (Å²) in [6.45, 7) is 6.65. The third-order valence-corrected chi connectivity index (χ3v) is 14.1. The molecule has 1 unspecified atom stereocenters. The van der Waals surface area contributed by atoms with Crippen molar-refractivity contribution in [2.24, 2.45) is 0 Å². The van der Waals surface area contributed by atoms with Crippen LogP contribution in [0.5, 0.6) is 0 Å². The molecule has 0 N–H and O–H groups in total. The summed E-state index contributed by atoms with van der Waals surface area (Å²) in [4.78, 5) is 38.3. The average Bonchev–Trinajstić information content (AvgIpc) is 3.38. The van der Waals surface area contributed by atoms with Crippen LogP contribution in [0.15, 0.2) is 48.6 Å². The van der Waals surface area contributed by atoms with Crippen LogP contribution in [0.2, 0.25) is 0 Å². The van der Waals surface area contributed by atoms with Crippen molar-refractivity contribution >= 4 is 17.9 Å². The highest BCUT2D eigenvalue weighted by molar-refractivity contribution is 5.71. The highest BCUT2D eigenvalue weighted by Gasteiger charge is 2.19. The maximum Gasteiger partial charge on any atom is 0.306 e. The second kappa shape index (κ2) is 60.9. The standard InChI is InChI=1S/C66H120O6/c1-4-7-10-13-16-19-22-25-28-31-34-37-40-43-46-49-52-55-58-64(67)70-61-63(72-66(69)60-57-54-51-48-45-42-39-36-33-30-27-24-21-18-15-12-9-6-3)62-71-65(68)59-56-53-50-47-44-41-38-35-32-29-26-23-20-17-14-11-8-5-2/h22,25,28,31,34,36-37,39,63H,4-21,23-24,26-27,29-30,32-33,35,38,40-62H2,1-3H3/b25-22-,31-28-,37-34-,39-36-. The molecule has 0 rings (SSSR count). The smallest absolute Gasteiger partial charge is 0.306 e. The van der Waals surface area contributed by atoms with Crippen molar-refractivity contribution in [3.05, 3.63) is 48.6 Å². The van der Waals surface area contributed by atoms with Gasteiger partial charge in [0.2, 0.25) is 0 Å². The molecule has 0 aliphatic carbocycles. The van der Waals surface area contributed by atoms with Gasteiger partial charge in [-0.3, -0.25) is 14.4 Å². The summed E-state index contributed by atoms with van der Waals surface area (Å²) in [5.74, 6) is -0.888. The van der Waals surface area contributed by atoms with Gasteiger partial charge < -0.3 is 14.2 Å². The maximum absolute atomic E-state index is 12.9. The number of rotatable bonds is 58. The molecule has 420 valence electrons. The summed E-state index contributed by atoms with van der Waals surface area (Å²) in [6.07, 6.45) is 75.4. The summed E-state index contributed by atoms with van der Waals surface area (Å²) in [5.41, 5.74) is 0. The first-order valence-electron chi connectivity index (χ1n) is 31.7. The van der Waals surface area contributed by atoms with E-state index in [9.17, 15) is 14.4 Å². The van der Waals surface area contributed by atoms with Gasteiger partial charge in [-0.05, 0) is 70.6 Å². The van der Waals surface area contributed by atoms with Gasteiger partial charge in [0.15, 0.2) is 6.10 Å². The first-order valence-corrected chi connectivity index (χ1v) is 31.7. The molecular formula is C66H120O6. The monoisotopic (exact) mass is 1010 g/mol. The van der Waals surface area contributed by atoms with E-state index < -0.39 is 6.10 Å². The Balaban J connectivity index is 4.39. The summed E-state index contributed by atoms with van der Waals surface area (Å²) in [7, 11) is 0. The van der Waals surface area contributed by atoms with Gasteiger partial charge in [-0.25, -0.2) is 0 Å². The summed E-state index contributed by atoms with van der Waals surface area (Å²) < 4.78 is 16.9. The fraction of sp³-hybridized carbons (Fsp3) is 0.833. The van der Waals surface area contributed by atoms with Crippen molar-refractivity contribution < 1.29 is 28.6 Å². The van der Waals surface area contributed by atoms with E-state index in [4.69, 9.17) is 14.2 Å². The first kappa shape index (κ1) is 69.4. The topological polar surface area (TPSA) is 78.9 Å². The molecule has 0 spiro atoms. The predicted molar refractivity (Wildman–Crippen MR) is 312 cm³/mol. The van der Waals surface area contributed by atoms with Gasteiger partial charge in [-0.15, -0.1) is 0 Å². The molecular weight excluding hydrogens is 889 g/mol. The molecule has 0 aromatic carbocycles. The van der Waals surface area contributed by atoms with Crippen molar-refractivity contribution in [2.45, 2.75) is 341 Å². The Labute approximate surface area is 448 Å². The molecule has 0 saturated carbocycles. The Bertz CT molecular complexity index is 1250. The Morgan fingerprint density at radius 3 is 0.806 bits per heavy atom. The Hall–Kier alpha value is -2.63. The molecule has 0 saturated heterocycles. The fourth-order valence-electron chi connectivity index (χ4n) is 9.32. The van der Waals surface area contributed by atoms with Gasteiger partial charge >= 0.3 is 17.9 Å². The quantitative estimate of drug-likeness (QED) is 0.0199. The Morgan fingerprint density at radius 1 is 0.278 bits per heavy atom. The molecule has 72 heavy (non-hydrogen) atoms. The highest BCUT2D eigenvalue weighted by atomic mass is 16.6. The van der Waals surface area contributed by atoms with E-state index >= 15 is 0 Å². The number of ether oxygens (including phenoxy) is 3. The molecule has 1 atom stereocenters. The number of hydrogen-bond acceptors (Lipinski definition) is 6. The molecule has 6 heteroatoms. The van der Waals surface area contributed by atoms with E-state index in [-0.39, 0.29) is 31.1 Å². The van der Waals surface area contributed by atoms with E-state index in [1.54, 1.807) is 0 Å². The van der Waals surface area contributed by atoms with E-state index in [0.717, 1.165) is 89.9 Å². The summed E-state index contributed by atoms with van der Waals surface area (Å²) >= 11 is 0. The maximum atomic E-state index is 12.9. The lowest BCUT2D eigenvalue weighted by atomic mass is 10.0. The van der Waals surface area contributed by atoms with Crippen molar-refractivity contribution in [2.75, 3.05) is 13.2 Å². The molecule has 0 fully saturated rings. The van der Waals surface area contributed by atoms with Crippen LogP contribution in [0.4, 0.5) is 0 Å². The predicted octanol–water partition coefficient (Wildman–Crippen LogP) is 21.4. The highest BCUT2D eigenvalue weighted by Crippen LogP contribution is 2.17. The number of carbonyl (C=O) groups excluding carboxylic acids is 3. The first-order chi connectivity index (χ1) is 35.5. The van der Waals surface area contributed by atoms with Crippen molar-refractivity contribution in [1.82, 2.24) is 0 Å². The largest absolute Gasteiger partial charge is 0.462 e. The van der Waals surface area contributed by atoms with Crippen LogP contribution < -0.4 is 0 Å². The molecule has 0 aliphatic rings. The number of carbonyl (C=O) groups is 3. The van der Waals surface area contributed by atoms with Crippen LogP contribution >= 0.6 is 0 Å². The lowest BCUT2D eigenvalue weighted by Gasteiger charge is -2.18. The van der Waals surface area contributed by atoms with Crippen LogP contribution in [-0.2, 0) is 28.6 Å². The average molecular weight is 1010 g/mol. The van der Waals surface area contributed by atoms with Gasteiger partial charge in [0, 0.05) is 19.3 Å². The van der Waals surface area contributed by atoms with Crippen molar-refractivity contribution in [3.63, 3.8) is 0 Å². The van der Waals surface area contributed by atoms with Gasteiger partial charge in [-0.2, -0.15) is 0 Å². The number of allylic oxidation sites excluding steroid dienone is 8. The third kappa shape index (κ3) is 58.3. The molecule has 6 nitrogen and oxygen atoms in total. The molecule has 0 aromatic rings. The van der Waals surface area contributed by atoms with Crippen molar-refractivity contribution in [3.8, 4) is 0 Å². The zero-order chi connectivity index (χ0) is 52.2. The molecule has 0 amide bonds. The van der Waals surface area contributed by atoms with Crippen LogP contribution in [0.3, 0.4) is 0 Å². The second-order valence-electron chi connectivity index (χ2n) is 21.4. The minimum atomic E-state index is -0.785. The third-order valence-electron chi connectivity index (χ3n) is 14.1. The van der Waals surface area contributed by atoms with Gasteiger partial charge in [-0.1, -0.05) is 294 Å². The number of esters is 3. The van der Waals surface area contributed by atoms with E-state index in [1.165, 1.54) is 205 Å². The molecule has 0 bridgehead atoms. The minimum absolute atomic E-state index is 0.0797. The van der Waals surface area contributed by atoms with Crippen LogP contribution in [-0.4, -0.2) is 37.2 Å². The van der Waals surface area contributed by atoms with Crippen LogP contribution in [0.25, 0.3) is 0 Å². The molecule has 0 radical (unpaired) electrons. The lowest BCUT2D eigenvalue weighted by molar-refractivity contribution is -0.167. The molecule has 0 heterocycles.